The second kappa shape index (κ2) is 4.83. The lowest BCUT2D eigenvalue weighted by molar-refractivity contribution is 0.288. The van der Waals surface area contributed by atoms with Crippen LogP contribution < -0.4 is 4.49 Å². The highest BCUT2D eigenvalue weighted by molar-refractivity contribution is 7.89. The fraction of sp³-hybridized carbons (Fsp3) is 0.500. The first kappa shape index (κ1) is 12.7. The lowest BCUT2D eigenvalue weighted by atomic mass is 10.5. The molecule has 0 fully saturated rings. The van der Waals surface area contributed by atoms with Gasteiger partial charge >= 0.3 is 18.1 Å². The summed E-state index contributed by atoms with van der Waals surface area (Å²) in [5.74, 6) is 0. The minimum atomic E-state index is -4.98. The Morgan fingerprint density at radius 2 is 2.23 bits per heavy atom. The van der Waals surface area contributed by atoms with E-state index in [0.29, 0.717) is 0 Å². The molecule has 0 aromatic rings. The molecule has 6 nitrogen and oxygen atoms in total. The van der Waals surface area contributed by atoms with Gasteiger partial charge in [-0.25, -0.2) is 4.57 Å². The Morgan fingerprint density at radius 1 is 1.69 bits per heavy atom. The summed E-state index contributed by atoms with van der Waals surface area (Å²) in [5.41, 5.74) is 0. The van der Waals surface area contributed by atoms with Gasteiger partial charge in [0.15, 0.2) is 0 Å². The van der Waals surface area contributed by atoms with E-state index in [-0.39, 0.29) is 13.0 Å². The standard InChI is InChI=1S/C4H9FNO5PS/c1-2-3-4-11-12(5,7)6-13(8,9)10/h2H,1,3-4H2,(H,6,7)(H,8,9,10). The van der Waals surface area contributed by atoms with Crippen molar-refractivity contribution in [2.24, 2.45) is 0 Å². The van der Waals surface area contributed by atoms with Gasteiger partial charge in [0.2, 0.25) is 0 Å². The van der Waals surface area contributed by atoms with Crippen LogP contribution in [0.2, 0.25) is 0 Å². The van der Waals surface area contributed by atoms with Gasteiger partial charge in [0, 0.05) is 0 Å². The molecule has 0 aliphatic heterocycles. The highest BCUT2D eigenvalue weighted by atomic mass is 32.2. The first-order valence-electron chi connectivity index (χ1n) is 3.08. The second-order valence-electron chi connectivity index (χ2n) is 1.96. The third kappa shape index (κ3) is 8.07. The zero-order valence-corrected chi connectivity index (χ0v) is 8.22. The number of rotatable bonds is 6. The van der Waals surface area contributed by atoms with Crippen LogP contribution in [-0.2, 0) is 19.4 Å². The van der Waals surface area contributed by atoms with Crippen molar-refractivity contribution in [1.29, 1.82) is 0 Å². The van der Waals surface area contributed by atoms with Gasteiger partial charge in [0.05, 0.1) is 6.61 Å². The molecule has 13 heavy (non-hydrogen) atoms. The molecule has 0 rings (SSSR count). The molecule has 78 valence electrons. The number of hydrogen-bond donors (Lipinski definition) is 2. The second-order valence-corrected chi connectivity index (χ2v) is 4.85. The molecule has 1 atom stereocenters. The van der Waals surface area contributed by atoms with Crippen LogP contribution in [-0.4, -0.2) is 19.6 Å². The molecule has 0 saturated carbocycles. The summed E-state index contributed by atoms with van der Waals surface area (Å²) in [7, 11) is -9.84. The van der Waals surface area contributed by atoms with Gasteiger partial charge < -0.3 is 0 Å². The lowest BCUT2D eigenvalue weighted by Crippen LogP contribution is -2.18. The topological polar surface area (TPSA) is 92.7 Å². The summed E-state index contributed by atoms with van der Waals surface area (Å²) in [6, 6.07) is 0. The zero-order chi connectivity index (χ0) is 10.5. The zero-order valence-electron chi connectivity index (χ0n) is 6.51. The third-order valence-corrected chi connectivity index (χ3v) is 3.11. The molecule has 0 amide bonds. The molecule has 0 aromatic carbocycles. The fourth-order valence-corrected chi connectivity index (χ4v) is 2.07. The molecule has 0 spiro atoms. The maximum Gasteiger partial charge on any atom is 0.458 e. The normalized spacial score (nSPS) is 16.5. The predicted molar refractivity (Wildman–Crippen MR) is 44.2 cm³/mol. The summed E-state index contributed by atoms with van der Waals surface area (Å²) in [4.78, 5) is 0. The van der Waals surface area contributed by atoms with Gasteiger partial charge in [-0.2, -0.15) is 8.42 Å². The largest absolute Gasteiger partial charge is 0.458 e. The summed E-state index contributed by atoms with van der Waals surface area (Å²) < 4.78 is 56.0. The van der Waals surface area contributed by atoms with E-state index in [1.54, 1.807) is 0 Å². The van der Waals surface area contributed by atoms with Gasteiger partial charge in [0.1, 0.15) is 0 Å². The minimum Gasteiger partial charge on any atom is -0.293 e. The van der Waals surface area contributed by atoms with Crippen LogP contribution in [0.15, 0.2) is 12.7 Å². The molecule has 0 radical (unpaired) electrons. The Bertz CT molecular complexity index is 314. The van der Waals surface area contributed by atoms with Gasteiger partial charge in [-0.05, 0) is 6.42 Å². The van der Waals surface area contributed by atoms with Crippen LogP contribution >= 0.6 is 7.83 Å². The third-order valence-electron chi connectivity index (χ3n) is 0.804. The van der Waals surface area contributed by atoms with Crippen LogP contribution in [0.4, 0.5) is 4.20 Å². The Hall–Kier alpha value is -0.270. The van der Waals surface area contributed by atoms with Gasteiger partial charge in [0.25, 0.3) is 0 Å². The van der Waals surface area contributed by atoms with Crippen molar-refractivity contribution in [1.82, 2.24) is 4.49 Å². The quantitative estimate of drug-likeness (QED) is 0.309. The van der Waals surface area contributed by atoms with Crippen molar-refractivity contribution in [2.75, 3.05) is 6.61 Å². The van der Waals surface area contributed by atoms with E-state index < -0.39 is 18.1 Å². The van der Waals surface area contributed by atoms with Crippen LogP contribution in [0.1, 0.15) is 6.42 Å². The average Bonchev–Trinajstić information content (AvgIpc) is 1.81. The number of nitrogens with one attached hydrogen (secondary N) is 1. The van der Waals surface area contributed by atoms with Gasteiger partial charge in [-0.15, -0.1) is 10.8 Å². The summed E-state index contributed by atoms with van der Waals surface area (Å²) >= 11 is 0. The highest BCUT2D eigenvalue weighted by Crippen LogP contribution is 2.44. The summed E-state index contributed by atoms with van der Waals surface area (Å²) in [6.45, 7) is 2.98. The monoisotopic (exact) mass is 233 g/mol. The number of halogens is 1. The number of hydrogen-bond acceptors (Lipinski definition) is 4. The molecule has 0 saturated heterocycles. The molecule has 2 N–H and O–H groups in total. The van der Waals surface area contributed by atoms with Crippen LogP contribution in [0.5, 0.6) is 0 Å². The fourth-order valence-electron chi connectivity index (χ4n) is 0.418. The molecule has 0 heterocycles. The maximum atomic E-state index is 12.6. The summed E-state index contributed by atoms with van der Waals surface area (Å²) in [5, 5.41) is 0. The maximum absolute atomic E-state index is 12.6. The minimum absolute atomic E-state index is 0.209. The Morgan fingerprint density at radius 3 is 2.62 bits per heavy atom. The average molecular weight is 233 g/mol. The predicted octanol–water partition coefficient (Wildman–Crippen LogP) is 1.05. The Balaban J connectivity index is 4.10. The molecular formula is C4H9FNO5PS. The van der Waals surface area contributed by atoms with E-state index in [0.717, 1.165) is 4.49 Å². The first-order valence-corrected chi connectivity index (χ1v) is 6.04. The van der Waals surface area contributed by atoms with Crippen molar-refractivity contribution in [3.63, 3.8) is 0 Å². The van der Waals surface area contributed by atoms with Gasteiger partial charge in [-0.1, -0.05) is 10.6 Å². The van der Waals surface area contributed by atoms with E-state index in [4.69, 9.17) is 4.55 Å². The van der Waals surface area contributed by atoms with E-state index in [1.807, 2.05) is 0 Å². The van der Waals surface area contributed by atoms with Crippen LogP contribution in [0.25, 0.3) is 0 Å². The van der Waals surface area contributed by atoms with Crippen LogP contribution in [0, 0.1) is 0 Å². The van der Waals surface area contributed by atoms with Crippen molar-refractivity contribution < 1.29 is 26.3 Å². The van der Waals surface area contributed by atoms with E-state index in [2.05, 4.69) is 11.1 Å². The molecule has 0 aliphatic carbocycles. The molecule has 0 aliphatic rings. The molecular weight excluding hydrogens is 224 g/mol. The smallest absolute Gasteiger partial charge is 0.293 e. The van der Waals surface area contributed by atoms with E-state index in [9.17, 15) is 17.2 Å². The van der Waals surface area contributed by atoms with E-state index >= 15 is 0 Å². The Labute approximate surface area is 75.3 Å². The van der Waals surface area contributed by atoms with Crippen molar-refractivity contribution in [2.45, 2.75) is 6.42 Å². The molecule has 9 heteroatoms. The van der Waals surface area contributed by atoms with Crippen LogP contribution in [0.3, 0.4) is 0 Å². The highest BCUT2D eigenvalue weighted by Gasteiger charge is 2.27. The SMILES string of the molecule is C=CCCOP(=O)(F)NS(=O)(=O)O. The summed E-state index contributed by atoms with van der Waals surface area (Å²) in [6.07, 6.45) is 1.58. The first-order chi connectivity index (χ1) is 5.77. The van der Waals surface area contributed by atoms with E-state index in [1.165, 1.54) is 6.08 Å². The molecule has 1 unspecified atom stereocenters. The Kier molecular flexibility index (Phi) is 4.72. The van der Waals surface area contributed by atoms with Crippen molar-refractivity contribution >= 4 is 18.1 Å². The van der Waals surface area contributed by atoms with Crippen molar-refractivity contribution in [3.05, 3.63) is 12.7 Å². The molecule has 0 aromatic heterocycles. The molecule has 0 bridgehead atoms. The van der Waals surface area contributed by atoms with Crippen molar-refractivity contribution in [3.8, 4) is 0 Å². The van der Waals surface area contributed by atoms with Gasteiger partial charge in [-0.3, -0.25) is 9.08 Å². The lowest BCUT2D eigenvalue weighted by Gasteiger charge is -2.07.